The number of ether oxygens (including phenoxy) is 1. The maximum absolute atomic E-state index is 13.4. The molecule has 1 fully saturated rings. The predicted octanol–water partition coefficient (Wildman–Crippen LogP) is 0.886. The van der Waals surface area contributed by atoms with Crippen LogP contribution < -0.4 is 0 Å². The molecule has 1 aliphatic heterocycles. The Hall–Kier alpha value is -1.33. The summed E-state index contributed by atoms with van der Waals surface area (Å²) in [5.41, 5.74) is -1.54. The highest BCUT2D eigenvalue weighted by Crippen LogP contribution is 2.37. The molecule has 15 heavy (non-hydrogen) atoms. The number of rotatable bonds is 1. The van der Waals surface area contributed by atoms with Crippen LogP contribution in [0.15, 0.2) is 0 Å². The van der Waals surface area contributed by atoms with Gasteiger partial charge in [-0.15, -0.1) is 0 Å². The average Bonchev–Trinajstić information content (AvgIpc) is 2.43. The monoisotopic (exact) mass is 219 g/mol. The number of carboxylic acids is 1. The summed E-state index contributed by atoms with van der Waals surface area (Å²) in [5.74, 6) is -1.98. The van der Waals surface area contributed by atoms with Crippen molar-refractivity contribution in [3.8, 4) is 0 Å². The van der Waals surface area contributed by atoms with Crippen molar-refractivity contribution >= 4 is 12.1 Å². The minimum atomic E-state index is -1.54. The third-order valence-corrected chi connectivity index (χ3v) is 3.17. The average molecular weight is 219 g/mol. The molecule has 0 aromatic rings. The normalized spacial score (nSPS) is 35.3. The van der Waals surface area contributed by atoms with Crippen LogP contribution in [-0.4, -0.2) is 47.4 Å². The molecule has 1 N–H and O–H groups in total. The van der Waals surface area contributed by atoms with Gasteiger partial charge in [-0.1, -0.05) is 6.92 Å². The molecule has 0 saturated carbocycles. The lowest BCUT2D eigenvalue weighted by atomic mass is 9.87. The van der Waals surface area contributed by atoms with Gasteiger partial charge in [0.15, 0.2) is 0 Å². The Kier molecular flexibility index (Phi) is 2.88. The molecular formula is C9H14FNO4. The zero-order chi connectivity index (χ0) is 11.8. The first-order valence-electron chi connectivity index (χ1n) is 4.58. The highest BCUT2D eigenvalue weighted by molar-refractivity contribution is 5.85. The van der Waals surface area contributed by atoms with E-state index in [0.29, 0.717) is 0 Å². The van der Waals surface area contributed by atoms with Crippen LogP contribution in [0.2, 0.25) is 0 Å². The van der Waals surface area contributed by atoms with E-state index in [-0.39, 0.29) is 6.54 Å². The first-order valence-corrected chi connectivity index (χ1v) is 4.58. The largest absolute Gasteiger partial charge is 0.479 e. The predicted molar refractivity (Wildman–Crippen MR) is 49.2 cm³/mol. The Labute approximate surface area is 86.8 Å². The molecule has 0 spiro atoms. The van der Waals surface area contributed by atoms with Gasteiger partial charge >= 0.3 is 12.1 Å². The van der Waals surface area contributed by atoms with E-state index in [1.807, 2.05) is 0 Å². The topological polar surface area (TPSA) is 66.8 Å². The van der Waals surface area contributed by atoms with E-state index >= 15 is 0 Å². The van der Waals surface area contributed by atoms with E-state index in [1.165, 1.54) is 13.8 Å². The van der Waals surface area contributed by atoms with Crippen molar-refractivity contribution in [3.63, 3.8) is 0 Å². The number of halogens is 1. The maximum Gasteiger partial charge on any atom is 0.410 e. The van der Waals surface area contributed by atoms with Crippen LogP contribution in [-0.2, 0) is 9.53 Å². The van der Waals surface area contributed by atoms with Gasteiger partial charge in [0.2, 0.25) is 0 Å². The van der Waals surface area contributed by atoms with Gasteiger partial charge in [-0.3, -0.25) is 4.90 Å². The molecule has 3 atom stereocenters. The van der Waals surface area contributed by atoms with Crippen LogP contribution in [0.1, 0.15) is 13.8 Å². The van der Waals surface area contributed by atoms with Gasteiger partial charge < -0.3 is 9.84 Å². The molecule has 0 bridgehead atoms. The number of hydrogen-bond donors (Lipinski definition) is 1. The number of nitrogens with zero attached hydrogens (tertiary/aromatic N) is 1. The summed E-state index contributed by atoms with van der Waals surface area (Å²) in [5, 5.41) is 9.06. The molecule has 1 aliphatic rings. The van der Waals surface area contributed by atoms with Gasteiger partial charge in [0.05, 0.1) is 13.7 Å². The van der Waals surface area contributed by atoms with Crippen LogP contribution in [0.4, 0.5) is 9.18 Å². The lowest BCUT2D eigenvalue weighted by Gasteiger charge is -2.32. The number of likely N-dealkylation sites (tertiary alicyclic amines) is 1. The molecule has 0 aromatic carbocycles. The molecule has 1 rings (SSSR count). The molecule has 6 heteroatoms. The lowest BCUT2D eigenvalue weighted by Crippen LogP contribution is -2.53. The highest BCUT2D eigenvalue weighted by Gasteiger charge is 2.56. The van der Waals surface area contributed by atoms with Gasteiger partial charge in [0.1, 0.15) is 11.7 Å². The molecule has 1 amide bonds. The van der Waals surface area contributed by atoms with Gasteiger partial charge in [-0.05, 0) is 6.92 Å². The van der Waals surface area contributed by atoms with Gasteiger partial charge in [0.25, 0.3) is 0 Å². The number of methoxy groups -OCH3 is 1. The van der Waals surface area contributed by atoms with Crippen molar-refractivity contribution in [1.29, 1.82) is 0 Å². The SMILES string of the molecule is COC(=O)N1C[C@H](F)[C@H](C)[C@@]1(C)C(=O)O. The summed E-state index contributed by atoms with van der Waals surface area (Å²) in [6.45, 7) is 2.56. The number of alkyl halides is 1. The number of aliphatic carboxylic acids is 1. The Balaban J connectivity index is 3.07. The Morgan fingerprint density at radius 2 is 2.13 bits per heavy atom. The molecule has 1 heterocycles. The van der Waals surface area contributed by atoms with Crippen LogP contribution in [0, 0.1) is 5.92 Å². The van der Waals surface area contributed by atoms with E-state index in [9.17, 15) is 14.0 Å². The van der Waals surface area contributed by atoms with Crippen molar-refractivity contribution in [3.05, 3.63) is 0 Å². The highest BCUT2D eigenvalue weighted by atomic mass is 19.1. The fraction of sp³-hybridized carbons (Fsp3) is 0.778. The zero-order valence-electron chi connectivity index (χ0n) is 8.86. The van der Waals surface area contributed by atoms with Gasteiger partial charge in [0, 0.05) is 5.92 Å². The Morgan fingerprint density at radius 3 is 2.53 bits per heavy atom. The number of amides is 1. The molecule has 0 aromatic heterocycles. The summed E-state index contributed by atoms with van der Waals surface area (Å²) < 4.78 is 17.8. The zero-order valence-corrected chi connectivity index (χ0v) is 8.86. The number of hydrogen-bond acceptors (Lipinski definition) is 3. The number of carbonyl (C=O) groups excluding carboxylic acids is 1. The van der Waals surface area contributed by atoms with Crippen molar-refractivity contribution in [1.82, 2.24) is 4.90 Å². The summed E-state index contributed by atoms with van der Waals surface area (Å²) in [6, 6.07) is 0. The summed E-state index contributed by atoms with van der Waals surface area (Å²) in [4.78, 5) is 23.3. The van der Waals surface area contributed by atoms with E-state index < -0.39 is 29.7 Å². The second kappa shape index (κ2) is 3.67. The standard InChI is InChI=1S/C9H14FNO4/c1-5-6(10)4-11(8(14)15-3)9(5,2)7(12)13/h5-6H,4H2,1-3H3,(H,12,13)/t5-,6-,9-/m0/s1. The van der Waals surface area contributed by atoms with Crippen LogP contribution in [0.25, 0.3) is 0 Å². The Bertz CT molecular complexity index is 296. The third kappa shape index (κ3) is 1.53. The van der Waals surface area contributed by atoms with Crippen molar-refractivity contribution in [2.24, 2.45) is 5.92 Å². The lowest BCUT2D eigenvalue weighted by molar-refractivity contribution is -0.149. The quantitative estimate of drug-likeness (QED) is 0.711. The van der Waals surface area contributed by atoms with Gasteiger partial charge in [-0.2, -0.15) is 0 Å². The van der Waals surface area contributed by atoms with Gasteiger partial charge in [-0.25, -0.2) is 14.0 Å². The molecular weight excluding hydrogens is 205 g/mol. The van der Waals surface area contributed by atoms with Crippen molar-refractivity contribution in [2.75, 3.05) is 13.7 Å². The number of carboxylic acid groups (broad SMARTS) is 1. The molecule has 5 nitrogen and oxygen atoms in total. The smallest absolute Gasteiger partial charge is 0.410 e. The van der Waals surface area contributed by atoms with Crippen LogP contribution >= 0.6 is 0 Å². The molecule has 0 radical (unpaired) electrons. The molecule has 0 unspecified atom stereocenters. The van der Waals surface area contributed by atoms with Crippen LogP contribution in [0.5, 0.6) is 0 Å². The second-order valence-corrected chi connectivity index (χ2v) is 3.84. The maximum atomic E-state index is 13.4. The minimum absolute atomic E-state index is 0.239. The van der Waals surface area contributed by atoms with Crippen molar-refractivity contribution < 1.29 is 23.8 Å². The van der Waals surface area contributed by atoms with E-state index in [0.717, 1.165) is 12.0 Å². The Morgan fingerprint density at radius 1 is 1.60 bits per heavy atom. The van der Waals surface area contributed by atoms with E-state index in [2.05, 4.69) is 4.74 Å². The fourth-order valence-electron chi connectivity index (χ4n) is 1.80. The third-order valence-electron chi connectivity index (χ3n) is 3.17. The summed E-state index contributed by atoms with van der Waals surface area (Å²) >= 11 is 0. The van der Waals surface area contributed by atoms with E-state index in [1.54, 1.807) is 0 Å². The first kappa shape index (κ1) is 11.7. The van der Waals surface area contributed by atoms with Crippen LogP contribution in [0.3, 0.4) is 0 Å². The minimum Gasteiger partial charge on any atom is -0.479 e. The molecule has 0 aliphatic carbocycles. The molecule has 1 saturated heterocycles. The second-order valence-electron chi connectivity index (χ2n) is 3.84. The summed E-state index contributed by atoms with van der Waals surface area (Å²) in [7, 11) is 1.14. The first-order chi connectivity index (χ1) is 6.85. The fourth-order valence-corrected chi connectivity index (χ4v) is 1.80. The van der Waals surface area contributed by atoms with E-state index in [4.69, 9.17) is 5.11 Å². The molecule has 86 valence electrons. The van der Waals surface area contributed by atoms with Crippen molar-refractivity contribution in [2.45, 2.75) is 25.6 Å². The summed E-state index contributed by atoms with van der Waals surface area (Å²) in [6.07, 6.45) is -2.16. The number of carbonyl (C=O) groups is 2.